The van der Waals surface area contributed by atoms with Crippen LogP contribution in [0.15, 0.2) is 47.5 Å². The molecule has 0 radical (unpaired) electrons. The van der Waals surface area contributed by atoms with E-state index in [2.05, 4.69) is 4.99 Å². The van der Waals surface area contributed by atoms with Crippen molar-refractivity contribution in [2.45, 2.75) is 6.54 Å². The van der Waals surface area contributed by atoms with Crippen molar-refractivity contribution in [1.82, 2.24) is 0 Å². The summed E-state index contributed by atoms with van der Waals surface area (Å²) in [7, 11) is 3.18. The zero-order valence-electron chi connectivity index (χ0n) is 12.0. The second-order valence-electron chi connectivity index (χ2n) is 4.40. The number of benzene rings is 2. The normalized spacial score (nSPS) is 11.3. The van der Waals surface area contributed by atoms with E-state index in [1.165, 1.54) is 0 Å². The van der Waals surface area contributed by atoms with Crippen LogP contribution in [0, 0.1) is 0 Å². The van der Waals surface area contributed by atoms with Gasteiger partial charge in [0.2, 0.25) is 0 Å². The van der Waals surface area contributed by atoms with Gasteiger partial charge in [0.15, 0.2) is 11.5 Å². The molecule has 4 nitrogen and oxygen atoms in total. The molecule has 0 amide bonds. The number of hydrogen-bond acceptors (Lipinski definition) is 3. The van der Waals surface area contributed by atoms with E-state index in [0.29, 0.717) is 28.9 Å². The summed E-state index contributed by atoms with van der Waals surface area (Å²) < 4.78 is 10.4. The number of halogens is 1. The van der Waals surface area contributed by atoms with E-state index in [1.807, 2.05) is 30.3 Å². The summed E-state index contributed by atoms with van der Waals surface area (Å²) >= 11 is 5.94. The number of rotatable bonds is 5. The molecule has 2 rings (SSSR count). The maximum Gasteiger partial charge on any atom is 0.161 e. The van der Waals surface area contributed by atoms with Crippen molar-refractivity contribution in [2.24, 2.45) is 10.7 Å². The molecule has 0 saturated carbocycles. The molecule has 0 aliphatic heterocycles. The molecule has 2 aromatic carbocycles. The van der Waals surface area contributed by atoms with E-state index in [1.54, 1.807) is 26.4 Å². The molecule has 0 aromatic heterocycles. The third kappa shape index (κ3) is 3.89. The maximum atomic E-state index is 6.02. The Kier molecular flexibility index (Phi) is 5.06. The van der Waals surface area contributed by atoms with Gasteiger partial charge in [0.1, 0.15) is 5.84 Å². The average Bonchev–Trinajstić information content (AvgIpc) is 2.52. The first-order valence-electron chi connectivity index (χ1n) is 6.41. The number of nitrogens with zero attached hydrogens (tertiary/aromatic N) is 1. The fraction of sp³-hybridized carbons (Fsp3) is 0.188. The summed E-state index contributed by atoms with van der Waals surface area (Å²) in [5.41, 5.74) is 7.81. The maximum absolute atomic E-state index is 6.02. The van der Waals surface area contributed by atoms with E-state index >= 15 is 0 Å². The highest BCUT2D eigenvalue weighted by atomic mass is 35.5. The van der Waals surface area contributed by atoms with Crippen LogP contribution in [0.3, 0.4) is 0 Å². The first kappa shape index (κ1) is 15.2. The minimum atomic E-state index is 0.441. The zero-order valence-corrected chi connectivity index (χ0v) is 12.7. The van der Waals surface area contributed by atoms with Gasteiger partial charge in [-0.05, 0) is 35.9 Å². The molecule has 0 aliphatic rings. The first-order chi connectivity index (χ1) is 10.1. The highest BCUT2D eigenvalue weighted by Gasteiger charge is 2.06. The van der Waals surface area contributed by atoms with Gasteiger partial charge in [-0.25, -0.2) is 0 Å². The fourth-order valence-corrected chi connectivity index (χ4v) is 2.11. The third-order valence-electron chi connectivity index (χ3n) is 3.00. The van der Waals surface area contributed by atoms with Crippen molar-refractivity contribution in [3.8, 4) is 11.5 Å². The van der Waals surface area contributed by atoms with Crippen LogP contribution in [0.1, 0.15) is 11.1 Å². The van der Waals surface area contributed by atoms with Gasteiger partial charge in [-0.1, -0.05) is 23.7 Å². The summed E-state index contributed by atoms with van der Waals surface area (Å²) in [6.07, 6.45) is 0. The molecule has 2 aromatic rings. The molecular weight excluding hydrogens is 288 g/mol. The standard InChI is InChI=1S/C16H17ClN2O2/c1-20-14-7-6-12(9-15(14)21-2)16(18)19-10-11-4-3-5-13(17)8-11/h3-9H,10H2,1-2H3,(H2,18,19). The number of aliphatic imine (C=N–C) groups is 1. The summed E-state index contributed by atoms with van der Waals surface area (Å²) in [5, 5.41) is 0.687. The van der Waals surface area contributed by atoms with Gasteiger partial charge in [0.05, 0.1) is 20.8 Å². The van der Waals surface area contributed by atoms with Crippen LogP contribution in [0.4, 0.5) is 0 Å². The fourth-order valence-electron chi connectivity index (χ4n) is 1.90. The van der Waals surface area contributed by atoms with Gasteiger partial charge in [-0.3, -0.25) is 4.99 Å². The molecule has 0 atom stereocenters. The quantitative estimate of drug-likeness (QED) is 0.681. The minimum absolute atomic E-state index is 0.441. The Morgan fingerprint density at radius 1 is 1.10 bits per heavy atom. The molecular formula is C16H17ClN2O2. The van der Waals surface area contributed by atoms with Crippen LogP contribution in [-0.4, -0.2) is 20.1 Å². The van der Waals surface area contributed by atoms with Crippen molar-refractivity contribution in [3.63, 3.8) is 0 Å². The van der Waals surface area contributed by atoms with Crippen LogP contribution < -0.4 is 15.2 Å². The average molecular weight is 305 g/mol. The van der Waals surface area contributed by atoms with Crippen LogP contribution in [0.2, 0.25) is 5.02 Å². The Morgan fingerprint density at radius 3 is 2.52 bits per heavy atom. The Morgan fingerprint density at radius 2 is 1.86 bits per heavy atom. The van der Waals surface area contributed by atoms with E-state index in [-0.39, 0.29) is 0 Å². The summed E-state index contributed by atoms with van der Waals surface area (Å²) in [6.45, 7) is 0.473. The molecule has 21 heavy (non-hydrogen) atoms. The number of nitrogens with two attached hydrogens (primary N) is 1. The lowest BCUT2D eigenvalue weighted by Gasteiger charge is -2.09. The second-order valence-corrected chi connectivity index (χ2v) is 4.84. The minimum Gasteiger partial charge on any atom is -0.493 e. The monoisotopic (exact) mass is 304 g/mol. The molecule has 0 fully saturated rings. The van der Waals surface area contributed by atoms with E-state index in [0.717, 1.165) is 11.1 Å². The van der Waals surface area contributed by atoms with Crippen molar-refractivity contribution >= 4 is 17.4 Å². The van der Waals surface area contributed by atoms with Crippen molar-refractivity contribution < 1.29 is 9.47 Å². The molecule has 0 unspecified atom stereocenters. The van der Waals surface area contributed by atoms with E-state index < -0.39 is 0 Å². The Hall–Kier alpha value is -2.20. The number of amidine groups is 1. The molecule has 0 spiro atoms. The van der Waals surface area contributed by atoms with Crippen LogP contribution in [-0.2, 0) is 6.54 Å². The second kappa shape index (κ2) is 6.99. The predicted octanol–water partition coefficient (Wildman–Crippen LogP) is 3.26. The first-order valence-corrected chi connectivity index (χ1v) is 6.78. The third-order valence-corrected chi connectivity index (χ3v) is 3.24. The van der Waals surface area contributed by atoms with E-state index in [9.17, 15) is 0 Å². The smallest absolute Gasteiger partial charge is 0.161 e. The van der Waals surface area contributed by atoms with Crippen LogP contribution in [0.5, 0.6) is 11.5 Å². The largest absolute Gasteiger partial charge is 0.493 e. The van der Waals surface area contributed by atoms with E-state index in [4.69, 9.17) is 26.8 Å². The summed E-state index contributed by atoms with van der Waals surface area (Å²) in [6, 6.07) is 13.0. The lowest BCUT2D eigenvalue weighted by Crippen LogP contribution is -2.13. The topological polar surface area (TPSA) is 56.8 Å². The SMILES string of the molecule is COc1ccc(C(N)=NCc2cccc(Cl)c2)cc1OC. The zero-order chi connectivity index (χ0) is 15.2. The lowest BCUT2D eigenvalue weighted by atomic mass is 10.2. The number of hydrogen-bond donors (Lipinski definition) is 1. The van der Waals surface area contributed by atoms with Crippen molar-refractivity contribution in [1.29, 1.82) is 0 Å². The summed E-state index contributed by atoms with van der Waals surface area (Å²) in [4.78, 5) is 4.38. The van der Waals surface area contributed by atoms with Crippen molar-refractivity contribution in [3.05, 3.63) is 58.6 Å². The van der Waals surface area contributed by atoms with Crippen LogP contribution >= 0.6 is 11.6 Å². The highest BCUT2D eigenvalue weighted by Crippen LogP contribution is 2.27. The Labute approximate surface area is 129 Å². The molecule has 0 aliphatic carbocycles. The van der Waals surface area contributed by atoms with Crippen LogP contribution in [0.25, 0.3) is 0 Å². The lowest BCUT2D eigenvalue weighted by molar-refractivity contribution is 0.355. The van der Waals surface area contributed by atoms with Crippen molar-refractivity contribution in [2.75, 3.05) is 14.2 Å². The predicted molar refractivity (Wildman–Crippen MR) is 85.4 cm³/mol. The highest BCUT2D eigenvalue weighted by molar-refractivity contribution is 6.30. The molecule has 2 N–H and O–H groups in total. The van der Waals surface area contributed by atoms with Gasteiger partial charge in [0.25, 0.3) is 0 Å². The van der Waals surface area contributed by atoms with Gasteiger partial charge in [0, 0.05) is 10.6 Å². The Balaban J connectivity index is 2.19. The molecule has 0 saturated heterocycles. The van der Waals surface area contributed by atoms with Gasteiger partial charge in [-0.15, -0.1) is 0 Å². The molecule has 110 valence electrons. The molecule has 0 bridgehead atoms. The number of ether oxygens (including phenoxy) is 2. The van der Waals surface area contributed by atoms with Gasteiger partial charge < -0.3 is 15.2 Å². The summed E-state index contributed by atoms with van der Waals surface area (Å²) in [5.74, 6) is 1.72. The number of methoxy groups -OCH3 is 2. The van der Waals surface area contributed by atoms with Gasteiger partial charge in [-0.2, -0.15) is 0 Å². The Bertz CT molecular complexity index is 656. The molecule has 0 heterocycles. The molecule has 5 heteroatoms. The van der Waals surface area contributed by atoms with Gasteiger partial charge >= 0.3 is 0 Å².